The van der Waals surface area contributed by atoms with Gasteiger partial charge < -0.3 is 10.1 Å². The van der Waals surface area contributed by atoms with Crippen LogP contribution in [0.25, 0.3) is 0 Å². The van der Waals surface area contributed by atoms with E-state index >= 15 is 0 Å². The maximum Gasteiger partial charge on any atom is 0.276 e. The fraction of sp³-hybridized carbons (Fsp3) is 0.375. The van der Waals surface area contributed by atoms with Gasteiger partial charge in [0.2, 0.25) is 0 Å². The normalized spacial score (nSPS) is 13.3. The summed E-state index contributed by atoms with van der Waals surface area (Å²) in [6.45, 7) is 3.92. The van der Waals surface area contributed by atoms with E-state index in [0.717, 1.165) is 30.5 Å². The van der Waals surface area contributed by atoms with Gasteiger partial charge in [-0.15, -0.1) is 0 Å². The first-order valence-electron chi connectivity index (χ1n) is 7.28. The van der Waals surface area contributed by atoms with Gasteiger partial charge in [0.05, 0.1) is 11.8 Å². The van der Waals surface area contributed by atoms with Crippen LogP contribution < -0.4 is 10.1 Å². The molecule has 0 saturated carbocycles. The number of carbonyl (C=O) groups excluding carboxylic acids is 1. The zero-order valence-corrected chi connectivity index (χ0v) is 12.3. The van der Waals surface area contributed by atoms with Gasteiger partial charge in [0, 0.05) is 11.3 Å². The Bertz CT molecular complexity index is 661. The maximum atomic E-state index is 12.4. The van der Waals surface area contributed by atoms with Gasteiger partial charge in [-0.1, -0.05) is 12.1 Å². The van der Waals surface area contributed by atoms with Crippen molar-refractivity contribution in [3.63, 3.8) is 0 Å². The second-order valence-corrected chi connectivity index (χ2v) is 5.50. The molecule has 1 amide bonds. The van der Waals surface area contributed by atoms with Crippen molar-refractivity contribution >= 4 is 11.6 Å². The van der Waals surface area contributed by atoms with Crippen LogP contribution in [0.4, 0.5) is 5.69 Å². The Kier molecular flexibility index (Phi) is 3.64. The van der Waals surface area contributed by atoms with Crippen molar-refractivity contribution in [1.82, 2.24) is 10.2 Å². The number of hydrogen-bond donors (Lipinski definition) is 2. The first kappa shape index (κ1) is 13.7. The van der Waals surface area contributed by atoms with Crippen LogP contribution in [0.1, 0.15) is 42.0 Å². The van der Waals surface area contributed by atoms with Crippen molar-refractivity contribution in [2.24, 2.45) is 0 Å². The lowest BCUT2D eigenvalue weighted by atomic mass is 10.2. The standard InChI is InChI=1S/C16H19N3O2/c1-10(2)21-14-9-4-3-7-13(14)17-16(20)15-11-6-5-8-12(11)18-19-15/h3-4,7,9-10H,5-6,8H2,1-2H3,(H,17,20)(H,18,19). The molecule has 1 aromatic carbocycles. The second kappa shape index (κ2) is 5.60. The van der Waals surface area contributed by atoms with Gasteiger partial charge in [0.25, 0.3) is 5.91 Å². The Morgan fingerprint density at radius 3 is 2.95 bits per heavy atom. The third-order valence-corrected chi connectivity index (χ3v) is 3.52. The molecule has 2 N–H and O–H groups in total. The molecule has 0 saturated heterocycles. The highest BCUT2D eigenvalue weighted by Crippen LogP contribution is 2.27. The summed E-state index contributed by atoms with van der Waals surface area (Å²) in [5, 5.41) is 10.0. The topological polar surface area (TPSA) is 67.0 Å². The molecule has 0 atom stereocenters. The third kappa shape index (κ3) is 2.77. The highest BCUT2D eigenvalue weighted by Gasteiger charge is 2.23. The van der Waals surface area contributed by atoms with E-state index in [4.69, 9.17) is 4.74 Å². The molecule has 2 aromatic rings. The van der Waals surface area contributed by atoms with E-state index in [1.54, 1.807) is 0 Å². The Hall–Kier alpha value is -2.30. The number of ether oxygens (including phenoxy) is 1. The summed E-state index contributed by atoms with van der Waals surface area (Å²) in [6, 6.07) is 7.45. The second-order valence-electron chi connectivity index (χ2n) is 5.50. The smallest absolute Gasteiger partial charge is 0.276 e. The number of anilines is 1. The molecule has 21 heavy (non-hydrogen) atoms. The average Bonchev–Trinajstić information content (AvgIpc) is 3.02. The van der Waals surface area contributed by atoms with Crippen LogP contribution >= 0.6 is 0 Å². The van der Waals surface area contributed by atoms with Crippen molar-refractivity contribution in [1.29, 1.82) is 0 Å². The number of nitrogens with zero attached hydrogens (tertiary/aromatic N) is 1. The first-order valence-corrected chi connectivity index (χ1v) is 7.28. The number of nitrogens with one attached hydrogen (secondary N) is 2. The largest absolute Gasteiger partial charge is 0.489 e. The minimum atomic E-state index is -0.186. The number of amides is 1. The van der Waals surface area contributed by atoms with Gasteiger partial charge >= 0.3 is 0 Å². The van der Waals surface area contributed by atoms with E-state index in [9.17, 15) is 4.79 Å². The fourth-order valence-corrected chi connectivity index (χ4v) is 2.62. The Labute approximate surface area is 123 Å². The summed E-state index contributed by atoms with van der Waals surface area (Å²) in [7, 11) is 0. The first-order chi connectivity index (χ1) is 10.1. The zero-order chi connectivity index (χ0) is 14.8. The molecule has 0 unspecified atom stereocenters. The van der Waals surface area contributed by atoms with Gasteiger partial charge in [-0.2, -0.15) is 5.10 Å². The fourth-order valence-electron chi connectivity index (χ4n) is 2.62. The number of carbonyl (C=O) groups is 1. The van der Waals surface area contributed by atoms with Crippen LogP contribution in [0, 0.1) is 0 Å². The maximum absolute atomic E-state index is 12.4. The minimum Gasteiger partial charge on any atom is -0.489 e. The molecule has 0 aliphatic heterocycles. The molecule has 1 aliphatic rings. The van der Waals surface area contributed by atoms with Crippen LogP contribution in [0.15, 0.2) is 24.3 Å². The van der Waals surface area contributed by atoms with E-state index < -0.39 is 0 Å². The summed E-state index contributed by atoms with van der Waals surface area (Å²) >= 11 is 0. The lowest BCUT2D eigenvalue weighted by Gasteiger charge is -2.14. The summed E-state index contributed by atoms with van der Waals surface area (Å²) in [5.74, 6) is 0.488. The zero-order valence-electron chi connectivity index (χ0n) is 12.3. The summed E-state index contributed by atoms with van der Waals surface area (Å²) < 4.78 is 5.71. The molecule has 110 valence electrons. The number of benzene rings is 1. The highest BCUT2D eigenvalue weighted by molar-refractivity contribution is 6.04. The monoisotopic (exact) mass is 285 g/mol. The molecule has 0 bridgehead atoms. The summed E-state index contributed by atoms with van der Waals surface area (Å²) in [6.07, 6.45) is 3.02. The number of aromatic amines is 1. The number of aromatic nitrogens is 2. The Morgan fingerprint density at radius 1 is 1.33 bits per heavy atom. The molecule has 0 radical (unpaired) electrons. The number of fused-ring (bicyclic) bond motifs is 1. The number of aryl methyl sites for hydroxylation is 1. The van der Waals surface area contributed by atoms with Crippen LogP contribution in [-0.4, -0.2) is 22.2 Å². The molecule has 1 heterocycles. The molecule has 3 rings (SSSR count). The number of hydrogen-bond acceptors (Lipinski definition) is 3. The van der Waals surface area contributed by atoms with Gasteiger partial charge in [-0.25, -0.2) is 0 Å². The van der Waals surface area contributed by atoms with Gasteiger partial charge in [0.15, 0.2) is 5.69 Å². The van der Waals surface area contributed by atoms with E-state index in [-0.39, 0.29) is 12.0 Å². The highest BCUT2D eigenvalue weighted by atomic mass is 16.5. The molecule has 1 aliphatic carbocycles. The third-order valence-electron chi connectivity index (χ3n) is 3.52. The van der Waals surface area contributed by atoms with Crippen molar-refractivity contribution in [3.8, 4) is 5.75 Å². The van der Waals surface area contributed by atoms with Gasteiger partial charge in [0.1, 0.15) is 5.75 Å². The number of para-hydroxylation sites is 2. The lowest BCUT2D eigenvalue weighted by molar-refractivity contribution is 0.102. The van der Waals surface area contributed by atoms with Crippen molar-refractivity contribution < 1.29 is 9.53 Å². The molecule has 1 aromatic heterocycles. The van der Waals surface area contributed by atoms with Crippen LogP contribution in [0.2, 0.25) is 0 Å². The molecule has 5 heteroatoms. The van der Waals surface area contributed by atoms with Crippen LogP contribution in [0.5, 0.6) is 5.75 Å². The molecular weight excluding hydrogens is 266 g/mol. The van der Waals surface area contributed by atoms with Crippen LogP contribution in [-0.2, 0) is 12.8 Å². The molecule has 0 spiro atoms. The molecular formula is C16H19N3O2. The van der Waals surface area contributed by atoms with Gasteiger partial charge in [-0.3, -0.25) is 9.89 Å². The molecule has 5 nitrogen and oxygen atoms in total. The van der Waals surface area contributed by atoms with Crippen LogP contribution in [0.3, 0.4) is 0 Å². The quantitative estimate of drug-likeness (QED) is 0.907. The van der Waals surface area contributed by atoms with Crippen molar-refractivity contribution in [2.45, 2.75) is 39.2 Å². The minimum absolute atomic E-state index is 0.0534. The van der Waals surface area contributed by atoms with Crippen molar-refractivity contribution in [2.75, 3.05) is 5.32 Å². The van der Waals surface area contributed by atoms with Gasteiger partial charge in [-0.05, 0) is 45.2 Å². The SMILES string of the molecule is CC(C)Oc1ccccc1NC(=O)c1n[nH]c2c1CCC2. The van der Waals surface area contributed by atoms with E-state index in [1.165, 1.54) is 0 Å². The number of H-pyrrole nitrogens is 1. The molecule has 0 fully saturated rings. The predicted octanol–water partition coefficient (Wildman–Crippen LogP) is 2.94. The average molecular weight is 285 g/mol. The number of rotatable bonds is 4. The van der Waals surface area contributed by atoms with E-state index in [2.05, 4.69) is 15.5 Å². The Balaban J connectivity index is 1.81. The van der Waals surface area contributed by atoms with Crippen molar-refractivity contribution in [3.05, 3.63) is 41.2 Å². The van der Waals surface area contributed by atoms with E-state index in [1.807, 2.05) is 38.1 Å². The summed E-state index contributed by atoms with van der Waals surface area (Å²) in [4.78, 5) is 12.4. The summed E-state index contributed by atoms with van der Waals surface area (Å²) in [5.41, 5.74) is 3.31. The lowest BCUT2D eigenvalue weighted by Crippen LogP contribution is -2.16. The van der Waals surface area contributed by atoms with E-state index in [0.29, 0.717) is 17.1 Å². The predicted molar refractivity (Wildman–Crippen MR) is 80.8 cm³/mol. The Morgan fingerprint density at radius 2 is 2.14 bits per heavy atom.